The van der Waals surface area contributed by atoms with Crippen molar-refractivity contribution < 1.29 is 8.78 Å². The molecule has 0 radical (unpaired) electrons. The summed E-state index contributed by atoms with van der Waals surface area (Å²) in [5.74, 6) is -1.17. The van der Waals surface area contributed by atoms with Crippen LogP contribution in [-0.4, -0.2) is 14.5 Å². The maximum absolute atomic E-state index is 14.1. The van der Waals surface area contributed by atoms with E-state index in [0.717, 1.165) is 16.6 Å². The number of fused-ring (bicyclic) bond motifs is 1. The van der Waals surface area contributed by atoms with Gasteiger partial charge >= 0.3 is 0 Å². The Balaban J connectivity index is 2.39. The molecule has 2 heterocycles. The predicted molar refractivity (Wildman–Crippen MR) is 81.0 cm³/mol. The van der Waals surface area contributed by atoms with Crippen molar-refractivity contribution in [3.05, 3.63) is 51.4 Å². The normalized spacial score (nSPS) is 11.3. The van der Waals surface area contributed by atoms with E-state index in [4.69, 9.17) is 23.2 Å². The number of rotatable bonds is 2. The lowest BCUT2D eigenvalue weighted by molar-refractivity contribution is 0.577. The standard InChI is InChI=1S/C13H6BrCl2F2N3/c14-6-1-10-13(19-5-6)21(11(4-15)20-10)12-8(16)2-7(17)3-9(12)18/h1-3,5H,4H2. The quantitative estimate of drug-likeness (QED) is 0.583. The van der Waals surface area contributed by atoms with Gasteiger partial charge in [0.1, 0.15) is 22.8 Å². The van der Waals surface area contributed by atoms with Gasteiger partial charge in [-0.3, -0.25) is 4.57 Å². The number of imidazole rings is 1. The molecule has 0 unspecified atom stereocenters. The first-order valence-corrected chi connectivity index (χ1v) is 7.45. The highest BCUT2D eigenvalue weighted by molar-refractivity contribution is 9.10. The Hall–Kier alpha value is -1.24. The van der Waals surface area contributed by atoms with Crippen molar-refractivity contribution in [3.8, 4) is 5.69 Å². The van der Waals surface area contributed by atoms with Gasteiger partial charge in [-0.05, 0) is 28.1 Å². The van der Waals surface area contributed by atoms with Crippen molar-refractivity contribution >= 4 is 50.3 Å². The van der Waals surface area contributed by atoms with E-state index in [1.165, 1.54) is 4.57 Å². The molecule has 0 saturated carbocycles. The SMILES string of the molecule is Fc1cc(F)c(-n2c(CCl)nc3cc(Br)cnc32)c(Cl)c1. The molecular weight excluding hydrogens is 387 g/mol. The molecule has 2 aromatic heterocycles. The molecule has 0 amide bonds. The molecule has 21 heavy (non-hydrogen) atoms. The monoisotopic (exact) mass is 391 g/mol. The fraction of sp³-hybridized carbons (Fsp3) is 0.0769. The van der Waals surface area contributed by atoms with Gasteiger partial charge in [0, 0.05) is 16.7 Å². The Kier molecular flexibility index (Phi) is 3.86. The number of aromatic nitrogens is 3. The fourth-order valence-corrected chi connectivity index (χ4v) is 2.84. The van der Waals surface area contributed by atoms with E-state index < -0.39 is 11.6 Å². The topological polar surface area (TPSA) is 30.7 Å². The van der Waals surface area contributed by atoms with E-state index in [2.05, 4.69) is 25.9 Å². The fourth-order valence-electron chi connectivity index (χ4n) is 2.06. The summed E-state index contributed by atoms with van der Waals surface area (Å²) < 4.78 is 29.5. The lowest BCUT2D eigenvalue weighted by Crippen LogP contribution is -2.04. The van der Waals surface area contributed by atoms with E-state index >= 15 is 0 Å². The van der Waals surface area contributed by atoms with E-state index in [-0.39, 0.29) is 16.6 Å². The molecule has 108 valence electrons. The van der Waals surface area contributed by atoms with Crippen molar-refractivity contribution in [2.75, 3.05) is 0 Å². The summed E-state index contributed by atoms with van der Waals surface area (Å²) in [4.78, 5) is 8.50. The molecule has 3 rings (SSSR count). The number of hydrogen-bond acceptors (Lipinski definition) is 2. The average Bonchev–Trinajstić information content (AvgIpc) is 2.75. The molecule has 0 aliphatic carbocycles. The van der Waals surface area contributed by atoms with E-state index in [0.29, 0.717) is 17.0 Å². The van der Waals surface area contributed by atoms with E-state index in [1.54, 1.807) is 12.3 Å². The van der Waals surface area contributed by atoms with Crippen molar-refractivity contribution in [2.45, 2.75) is 5.88 Å². The third-order valence-corrected chi connectivity index (χ3v) is 3.82. The van der Waals surface area contributed by atoms with Crippen molar-refractivity contribution in [1.82, 2.24) is 14.5 Å². The molecule has 8 heteroatoms. The van der Waals surface area contributed by atoms with Gasteiger partial charge in [-0.1, -0.05) is 11.6 Å². The zero-order valence-electron chi connectivity index (χ0n) is 10.2. The predicted octanol–water partition coefficient (Wildman–Crippen LogP) is 4.85. The van der Waals surface area contributed by atoms with E-state index in [1.807, 2.05) is 0 Å². The smallest absolute Gasteiger partial charge is 0.164 e. The number of halogens is 5. The second kappa shape index (κ2) is 5.51. The molecule has 0 spiro atoms. The summed E-state index contributed by atoms with van der Waals surface area (Å²) in [5, 5.41) is -0.0807. The van der Waals surface area contributed by atoms with Gasteiger partial charge in [-0.25, -0.2) is 18.7 Å². The molecule has 0 saturated heterocycles. The van der Waals surface area contributed by atoms with E-state index in [9.17, 15) is 8.78 Å². The van der Waals surface area contributed by atoms with Crippen LogP contribution in [-0.2, 0) is 5.88 Å². The summed E-state index contributed by atoms with van der Waals surface area (Å²) in [6.45, 7) is 0. The third kappa shape index (κ3) is 2.52. The summed E-state index contributed by atoms with van der Waals surface area (Å²) in [5.41, 5.74) is 0.895. The Labute approximate surface area is 136 Å². The molecular formula is C13H6BrCl2F2N3. The summed E-state index contributed by atoms with van der Waals surface area (Å²) >= 11 is 15.1. The van der Waals surface area contributed by atoms with Crippen LogP contribution in [0.4, 0.5) is 8.78 Å². The highest BCUT2D eigenvalue weighted by Gasteiger charge is 2.19. The van der Waals surface area contributed by atoms with Crippen LogP contribution in [0, 0.1) is 11.6 Å². The highest BCUT2D eigenvalue weighted by atomic mass is 79.9. The summed E-state index contributed by atoms with van der Waals surface area (Å²) in [7, 11) is 0. The zero-order valence-corrected chi connectivity index (χ0v) is 13.3. The minimum atomic E-state index is -0.810. The van der Waals surface area contributed by atoms with Crippen molar-refractivity contribution in [2.24, 2.45) is 0 Å². The first-order chi connectivity index (χ1) is 10.0. The molecule has 0 N–H and O–H groups in total. The van der Waals surface area contributed by atoms with Crippen LogP contribution in [0.1, 0.15) is 5.82 Å². The maximum atomic E-state index is 14.1. The maximum Gasteiger partial charge on any atom is 0.164 e. The zero-order chi connectivity index (χ0) is 15.1. The number of hydrogen-bond donors (Lipinski definition) is 0. The number of alkyl halides is 1. The first kappa shape index (κ1) is 14.7. The van der Waals surface area contributed by atoms with Gasteiger partial charge < -0.3 is 0 Å². The number of pyridine rings is 1. The van der Waals surface area contributed by atoms with Gasteiger partial charge in [-0.2, -0.15) is 0 Å². The Morgan fingerprint density at radius 2 is 2.00 bits per heavy atom. The van der Waals surface area contributed by atoms with Gasteiger partial charge in [0.2, 0.25) is 0 Å². The van der Waals surface area contributed by atoms with Crippen LogP contribution < -0.4 is 0 Å². The minimum absolute atomic E-state index is 0.0222. The van der Waals surface area contributed by atoms with Gasteiger partial charge in [0.05, 0.1) is 10.9 Å². The molecule has 1 aromatic carbocycles. The first-order valence-electron chi connectivity index (χ1n) is 5.75. The van der Waals surface area contributed by atoms with Crippen molar-refractivity contribution in [3.63, 3.8) is 0 Å². The Morgan fingerprint density at radius 1 is 1.24 bits per heavy atom. The molecule has 3 nitrogen and oxygen atoms in total. The Bertz CT molecular complexity index is 828. The van der Waals surface area contributed by atoms with Crippen LogP contribution in [0.15, 0.2) is 28.9 Å². The largest absolute Gasteiger partial charge is 0.275 e. The average molecular weight is 393 g/mol. The molecule has 0 aliphatic rings. The molecule has 0 aliphatic heterocycles. The molecule has 3 aromatic rings. The number of benzene rings is 1. The highest BCUT2D eigenvalue weighted by Crippen LogP contribution is 2.30. The lowest BCUT2D eigenvalue weighted by atomic mass is 10.3. The van der Waals surface area contributed by atoms with Crippen LogP contribution in [0.25, 0.3) is 16.9 Å². The Morgan fingerprint density at radius 3 is 2.67 bits per heavy atom. The van der Waals surface area contributed by atoms with Gasteiger partial charge in [-0.15, -0.1) is 11.6 Å². The third-order valence-electron chi connectivity index (χ3n) is 2.86. The summed E-state index contributed by atoms with van der Waals surface area (Å²) in [6, 6.07) is 3.51. The minimum Gasteiger partial charge on any atom is -0.275 e. The van der Waals surface area contributed by atoms with Crippen LogP contribution >= 0.6 is 39.1 Å². The molecule has 0 bridgehead atoms. The molecule has 0 atom stereocenters. The second-order valence-corrected chi connectivity index (χ2v) is 5.80. The van der Waals surface area contributed by atoms with Gasteiger partial charge in [0.15, 0.2) is 11.5 Å². The van der Waals surface area contributed by atoms with Gasteiger partial charge in [0.25, 0.3) is 0 Å². The van der Waals surface area contributed by atoms with Crippen LogP contribution in [0.3, 0.4) is 0 Å². The van der Waals surface area contributed by atoms with Crippen LogP contribution in [0.5, 0.6) is 0 Å². The molecule has 0 fully saturated rings. The van der Waals surface area contributed by atoms with Crippen molar-refractivity contribution in [1.29, 1.82) is 0 Å². The number of nitrogens with zero attached hydrogens (tertiary/aromatic N) is 3. The summed E-state index contributed by atoms with van der Waals surface area (Å²) in [6.07, 6.45) is 1.55. The second-order valence-electron chi connectivity index (χ2n) is 4.21. The lowest BCUT2D eigenvalue weighted by Gasteiger charge is -2.10. The van der Waals surface area contributed by atoms with Crippen LogP contribution in [0.2, 0.25) is 5.02 Å².